The van der Waals surface area contributed by atoms with Crippen LogP contribution in [0.2, 0.25) is 0 Å². The fraction of sp³-hybridized carbons (Fsp3) is 0.333. The Morgan fingerprint density at radius 2 is 1.97 bits per heavy atom. The molecule has 11 heteroatoms. The fourth-order valence-electron chi connectivity index (χ4n) is 4.12. The van der Waals surface area contributed by atoms with Crippen molar-refractivity contribution in [1.29, 1.82) is 0 Å². The van der Waals surface area contributed by atoms with Gasteiger partial charge in [0, 0.05) is 36.9 Å². The molecule has 1 atom stereocenters. The summed E-state index contributed by atoms with van der Waals surface area (Å²) in [4.78, 5) is 34.2. The number of anilines is 2. The predicted molar refractivity (Wildman–Crippen MR) is 130 cm³/mol. The molecule has 5 rings (SSSR count). The number of ether oxygens (including phenoxy) is 1. The highest BCUT2D eigenvalue weighted by molar-refractivity contribution is 7.99. The van der Waals surface area contributed by atoms with Gasteiger partial charge in [-0.3, -0.25) is 9.59 Å². The third kappa shape index (κ3) is 5.01. The van der Waals surface area contributed by atoms with Crippen molar-refractivity contribution in [3.63, 3.8) is 0 Å². The van der Waals surface area contributed by atoms with Crippen molar-refractivity contribution in [2.24, 2.45) is 0 Å². The molecule has 3 aromatic rings. The van der Waals surface area contributed by atoms with E-state index in [1.165, 1.54) is 29.1 Å². The van der Waals surface area contributed by atoms with E-state index in [1.807, 2.05) is 35.2 Å². The van der Waals surface area contributed by atoms with Crippen LogP contribution in [0.25, 0.3) is 0 Å². The first-order valence-electron chi connectivity index (χ1n) is 11.3. The summed E-state index contributed by atoms with van der Waals surface area (Å²) < 4.78 is 21.9. The molecule has 1 fully saturated rings. The van der Waals surface area contributed by atoms with E-state index in [2.05, 4.69) is 15.4 Å². The van der Waals surface area contributed by atoms with Crippen LogP contribution in [0.3, 0.4) is 0 Å². The highest BCUT2D eigenvalue weighted by Gasteiger charge is 2.32. The average molecular weight is 497 g/mol. The second-order valence-corrected chi connectivity index (χ2v) is 9.42. The molecule has 0 unspecified atom stereocenters. The normalized spacial score (nSPS) is 18.2. The first-order valence-corrected chi connectivity index (χ1v) is 12.3. The lowest BCUT2D eigenvalue weighted by atomic mass is 10.2. The van der Waals surface area contributed by atoms with Gasteiger partial charge in [0.1, 0.15) is 18.2 Å². The molecule has 0 spiro atoms. The summed E-state index contributed by atoms with van der Waals surface area (Å²) in [7, 11) is 1.59. The van der Waals surface area contributed by atoms with Crippen molar-refractivity contribution in [1.82, 2.24) is 20.1 Å². The molecular formula is C24H25FN6O3S. The summed E-state index contributed by atoms with van der Waals surface area (Å²) >= 11 is 1.41. The zero-order valence-corrected chi connectivity index (χ0v) is 20.0. The molecule has 0 aliphatic carbocycles. The number of nitrogens with zero attached hydrogens (tertiary/aromatic N) is 5. The summed E-state index contributed by atoms with van der Waals surface area (Å²) in [6, 6.07) is 12.1. The average Bonchev–Trinajstić information content (AvgIpc) is 3.31. The SMILES string of the molecule is CN1C(=O)[C@@H](NC(=O)c2ncn(Cc3ccccc3)n2)CSc2cc(N3CCOCC3)c(F)cc21. The van der Waals surface area contributed by atoms with Crippen LogP contribution in [-0.2, 0) is 16.1 Å². The van der Waals surface area contributed by atoms with Crippen molar-refractivity contribution in [3.8, 4) is 0 Å². The maximum absolute atomic E-state index is 15.0. The molecule has 35 heavy (non-hydrogen) atoms. The van der Waals surface area contributed by atoms with Gasteiger partial charge in [0.2, 0.25) is 11.7 Å². The van der Waals surface area contributed by atoms with Crippen molar-refractivity contribution >= 4 is 35.0 Å². The van der Waals surface area contributed by atoms with Gasteiger partial charge < -0.3 is 19.9 Å². The Hall–Kier alpha value is -3.44. The Labute approximate surface area is 206 Å². The van der Waals surface area contributed by atoms with Gasteiger partial charge in [0.25, 0.3) is 5.91 Å². The molecule has 2 aliphatic heterocycles. The number of aromatic nitrogens is 3. The third-order valence-corrected chi connectivity index (χ3v) is 7.15. The van der Waals surface area contributed by atoms with Crippen LogP contribution in [0.5, 0.6) is 0 Å². The number of amides is 2. The van der Waals surface area contributed by atoms with E-state index in [-0.39, 0.29) is 17.5 Å². The van der Waals surface area contributed by atoms with E-state index >= 15 is 0 Å². The maximum Gasteiger partial charge on any atom is 0.291 e. The minimum atomic E-state index is -0.805. The predicted octanol–water partition coefficient (Wildman–Crippen LogP) is 2.17. The van der Waals surface area contributed by atoms with E-state index in [0.29, 0.717) is 50.0 Å². The van der Waals surface area contributed by atoms with E-state index in [0.717, 1.165) is 10.5 Å². The van der Waals surface area contributed by atoms with E-state index in [9.17, 15) is 14.0 Å². The molecule has 2 amide bonds. The Bertz CT molecular complexity index is 1230. The Kier molecular flexibility index (Phi) is 6.69. The molecule has 1 aromatic heterocycles. The van der Waals surface area contributed by atoms with Gasteiger partial charge in [-0.25, -0.2) is 14.1 Å². The topological polar surface area (TPSA) is 92.6 Å². The summed E-state index contributed by atoms with van der Waals surface area (Å²) in [6.45, 7) is 2.79. The Morgan fingerprint density at radius 1 is 1.20 bits per heavy atom. The molecular weight excluding hydrogens is 471 g/mol. The summed E-state index contributed by atoms with van der Waals surface area (Å²) in [5, 5.41) is 7.00. The summed E-state index contributed by atoms with van der Waals surface area (Å²) in [5.74, 6) is -0.951. The number of fused-ring (bicyclic) bond motifs is 1. The lowest BCUT2D eigenvalue weighted by Gasteiger charge is -2.30. The molecule has 182 valence electrons. The highest BCUT2D eigenvalue weighted by Crippen LogP contribution is 2.38. The largest absolute Gasteiger partial charge is 0.378 e. The number of hydrogen-bond donors (Lipinski definition) is 1. The van der Waals surface area contributed by atoms with Gasteiger partial charge in [-0.1, -0.05) is 30.3 Å². The number of morpholine rings is 1. The first-order chi connectivity index (χ1) is 17.0. The molecule has 0 saturated carbocycles. The van der Waals surface area contributed by atoms with Crippen LogP contribution in [0.4, 0.5) is 15.8 Å². The molecule has 1 N–H and O–H groups in total. The van der Waals surface area contributed by atoms with Crippen molar-refractivity contribution in [2.45, 2.75) is 17.5 Å². The fourth-order valence-corrected chi connectivity index (χ4v) is 5.24. The van der Waals surface area contributed by atoms with Crippen LogP contribution in [0.15, 0.2) is 53.7 Å². The molecule has 0 radical (unpaired) electrons. The smallest absolute Gasteiger partial charge is 0.291 e. The number of nitrogens with one attached hydrogen (secondary N) is 1. The molecule has 2 aromatic carbocycles. The van der Waals surface area contributed by atoms with Crippen molar-refractivity contribution < 1.29 is 18.7 Å². The number of carbonyl (C=O) groups excluding carboxylic acids is 2. The zero-order valence-electron chi connectivity index (χ0n) is 19.2. The van der Waals surface area contributed by atoms with Crippen LogP contribution < -0.4 is 15.1 Å². The van der Waals surface area contributed by atoms with E-state index < -0.39 is 11.9 Å². The lowest BCUT2D eigenvalue weighted by molar-refractivity contribution is -0.119. The number of thioether (sulfide) groups is 1. The molecule has 1 saturated heterocycles. The van der Waals surface area contributed by atoms with Crippen LogP contribution in [0.1, 0.15) is 16.2 Å². The summed E-state index contributed by atoms with van der Waals surface area (Å²) in [6.07, 6.45) is 1.49. The third-order valence-electron chi connectivity index (χ3n) is 6.01. The second kappa shape index (κ2) is 10.0. The Balaban J connectivity index is 1.29. The first kappa shape index (κ1) is 23.3. The monoisotopic (exact) mass is 496 g/mol. The van der Waals surface area contributed by atoms with Gasteiger partial charge in [-0.05, 0) is 11.6 Å². The van der Waals surface area contributed by atoms with Crippen molar-refractivity contribution in [3.05, 3.63) is 66.0 Å². The Morgan fingerprint density at radius 3 is 2.74 bits per heavy atom. The van der Waals surface area contributed by atoms with E-state index in [4.69, 9.17) is 4.74 Å². The number of carbonyl (C=O) groups is 2. The van der Waals surface area contributed by atoms with Gasteiger partial charge in [-0.15, -0.1) is 16.9 Å². The number of halogens is 1. The lowest BCUT2D eigenvalue weighted by Crippen LogP contribution is -2.48. The number of likely N-dealkylation sites (N-methyl/N-ethyl adjacent to an activating group) is 1. The molecule has 2 aliphatic rings. The number of rotatable bonds is 5. The zero-order chi connectivity index (χ0) is 24.4. The highest BCUT2D eigenvalue weighted by atomic mass is 32.2. The van der Waals surface area contributed by atoms with Gasteiger partial charge in [0.15, 0.2) is 0 Å². The second-order valence-electron chi connectivity index (χ2n) is 8.36. The quantitative estimate of drug-likeness (QED) is 0.579. The standard InChI is InChI=1S/C24H25FN6O3S/c1-29-20-11-17(25)19(30-7-9-34-10-8-30)12-21(20)35-14-18(24(29)33)27-23(32)22-26-15-31(28-22)13-16-5-3-2-4-6-16/h2-6,11-12,15,18H,7-10,13-14H2,1H3,(H,27,32)/t18-/m0/s1. The summed E-state index contributed by atoms with van der Waals surface area (Å²) in [5.41, 5.74) is 2.01. The minimum Gasteiger partial charge on any atom is -0.378 e. The number of benzene rings is 2. The van der Waals surface area contributed by atoms with Gasteiger partial charge >= 0.3 is 0 Å². The van der Waals surface area contributed by atoms with Gasteiger partial charge in [-0.2, -0.15) is 0 Å². The van der Waals surface area contributed by atoms with E-state index in [1.54, 1.807) is 17.8 Å². The number of hydrogen-bond acceptors (Lipinski definition) is 7. The molecule has 9 nitrogen and oxygen atoms in total. The van der Waals surface area contributed by atoms with Gasteiger partial charge in [0.05, 0.1) is 31.1 Å². The van der Waals surface area contributed by atoms with Crippen LogP contribution >= 0.6 is 11.8 Å². The maximum atomic E-state index is 15.0. The minimum absolute atomic E-state index is 0.0104. The van der Waals surface area contributed by atoms with Crippen LogP contribution in [-0.4, -0.2) is 71.7 Å². The van der Waals surface area contributed by atoms with Crippen molar-refractivity contribution in [2.75, 3.05) is 48.9 Å². The molecule has 3 heterocycles. The van der Waals surface area contributed by atoms with Crippen LogP contribution in [0, 0.1) is 5.82 Å². The molecule has 0 bridgehead atoms.